The maximum absolute atomic E-state index is 13.0. The predicted octanol–water partition coefficient (Wildman–Crippen LogP) is 3.55. The average Bonchev–Trinajstić information content (AvgIpc) is 3.04. The average molecular weight is 507 g/mol. The third-order valence-corrected chi connectivity index (χ3v) is 9.01. The van der Waals surface area contributed by atoms with Crippen molar-refractivity contribution in [1.29, 1.82) is 5.26 Å². The number of benzene rings is 1. The number of nitrogens with zero attached hydrogens (tertiary/aromatic N) is 3. The normalized spacial score (nSPS) is 14.9. The monoisotopic (exact) mass is 506 g/mol. The summed E-state index contributed by atoms with van der Waals surface area (Å²) in [5.74, 6) is -0.709. The number of hydrogen-bond acceptors (Lipinski definition) is 5. The van der Waals surface area contributed by atoms with E-state index in [9.17, 15) is 23.6 Å². The molecule has 3 aromatic rings. The Balaban J connectivity index is 1.73. The highest BCUT2D eigenvalue weighted by Gasteiger charge is 2.28. The number of aromatic nitrogens is 1. The van der Waals surface area contributed by atoms with E-state index < -0.39 is 16.0 Å². The van der Waals surface area contributed by atoms with E-state index in [1.165, 1.54) is 22.1 Å². The fourth-order valence-corrected chi connectivity index (χ4v) is 6.85. The minimum Gasteiger partial charge on any atom is -0.379 e. The van der Waals surface area contributed by atoms with Crippen LogP contribution < -0.4 is 0 Å². The Kier molecular flexibility index (Phi) is 6.70. The van der Waals surface area contributed by atoms with E-state index in [1.807, 2.05) is 11.3 Å². The van der Waals surface area contributed by atoms with E-state index in [0.717, 1.165) is 16.0 Å². The van der Waals surface area contributed by atoms with Crippen molar-refractivity contribution in [2.24, 2.45) is 0 Å². The first-order valence-electron chi connectivity index (χ1n) is 10.0. The quantitative estimate of drug-likeness (QED) is 0.511. The third kappa shape index (κ3) is 4.60. The molecule has 3 heterocycles. The molecule has 0 atom stereocenters. The number of carboxylic acid groups (broad SMARTS) is 1. The summed E-state index contributed by atoms with van der Waals surface area (Å²) in [5, 5.41) is 18.9. The van der Waals surface area contributed by atoms with Crippen LogP contribution >= 0.6 is 23.4 Å². The molecule has 8 nitrogen and oxygen atoms in total. The standard InChI is InChI=1S/C22H20ClN3O5S2/c1-14-18(12-21(27)28)26-5-4-15(13-24)10-19(26)22(14)32-16-2-3-20(17(23)11-16)33(29,30)25-6-8-31-9-7-25/h2-5,10-11H,6-9,12H2,1H3,(H,27,28)/p+1. The van der Waals surface area contributed by atoms with Gasteiger partial charge in [-0.25, -0.2) is 8.42 Å². The molecule has 0 aliphatic carbocycles. The lowest BCUT2D eigenvalue weighted by Crippen LogP contribution is -2.40. The third-order valence-electron chi connectivity index (χ3n) is 5.42. The van der Waals surface area contributed by atoms with Gasteiger partial charge >= 0.3 is 5.97 Å². The Morgan fingerprint density at radius 2 is 2.03 bits per heavy atom. The van der Waals surface area contributed by atoms with Gasteiger partial charge in [-0.1, -0.05) is 23.4 Å². The summed E-state index contributed by atoms with van der Waals surface area (Å²) in [7, 11) is -3.73. The van der Waals surface area contributed by atoms with E-state index in [4.69, 9.17) is 16.3 Å². The van der Waals surface area contributed by atoms with E-state index in [1.54, 1.807) is 30.5 Å². The van der Waals surface area contributed by atoms with Crippen molar-refractivity contribution in [3.05, 3.63) is 58.4 Å². The van der Waals surface area contributed by atoms with Crippen molar-refractivity contribution in [3.63, 3.8) is 0 Å². The molecule has 0 saturated carbocycles. The van der Waals surface area contributed by atoms with Crippen LogP contribution in [-0.4, -0.2) is 59.3 Å². The minimum absolute atomic E-state index is 0.0427. The van der Waals surface area contributed by atoms with Gasteiger partial charge in [0, 0.05) is 34.8 Å². The van der Waals surface area contributed by atoms with Crippen LogP contribution in [-0.2, 0) is 21.2 Å². The van der Waals surface area contributed by atoms with Crippen LogP contribution in [0.1, 0.15) is 16.8 Å². The van der Waals surface area contributed by atoms with Crippen LogP contribution in [0.2, 0.25) is 5.02 Å². The SMILES string of the molecule is Cc1c(Sc2ccc(S(=O)(=O)N3CCOCC3)c(Cl)c2)c2cc(C#N)ccn2c1CC(O)=[OH+]. The summed E-state index contributed by atoms with van der Waals surface area (Å²) in [6.45, 7) is 3.12. The molecule has 33 heavy (non-hydrogen) atoms. The number of nitriles is 1. The van der Waals surface area contributed by atoms with Crippen molar-refractivity contribution in [1.82, 2.24) is 8.71 Å². The Morgan fingerprint density at radius 1 is 1.30 bits per heavy atom. The summed E-state index contributed by atoms with van der Waals surface area (Å²) < 4.78 is 34.4. The van der Waals surface area contributed by atoms with Gasteiger partial charge in [-0.3, -0.25) is 0 Å². The van der Waals surface area contributed by atoms with Crippen molar-refractivity contribution < 1.29 is 23.1 Å². The van der Waals surface area contributed by atoms with Crippen molar-refractivity contribution in [2.75, 3.05) is 26.3 Å². The molecule has 2 aromatic heterocycles. The first kappa shape index (κ1) is 23.6. The molecule has 1 aliphatic rings. The Bertz CT molecular complexity index is 1390. The van der Waals surface area contributed by atoms with Gasteiger partial charge in [-0.15, -0.1) is 0 Å². The molecule has 2 N–H and O–H groups in total. The van der Waals surface area contributed by atoms with Crippen molar-refractivity contribution in [2.45, 2.75) is 28.0 Å². The lowest BCUT2D eigenvalue weighted by molar-refractivity contribution is 0.0730. The van der Waals surface area contributed by atoms with E-state index in [2.05, 4.69) is 6.07 Å². The van der Waals surface area contributed by atoms with Gasteiger partial charge in [0.1, 0.15) is 11.3 Å². The van der Waals surface area contributed by atoms with Gasteiger partial charge in [0.15, 0.2) is 0 Å². The summed E-state index contributed by atoms with van der Waals surface area (Å²) in [4.78, 5) is 11.0. The largest absolute Gasteiger partial charge is 0.486 e. The van der Waals surface area contributed by atoms with E-state index in [0.29, 0.717) is 29.4 Å². The first-order chi connectivity index (χ1) is 15.7. The van der Waals surface area contributed by atoms with E-state index >= 15 is 0 Å². The lowest BCUT2D eigenvalue weighted by Gasteiger charge is -2.26. The van der Waals surface area contributed by atoms with Gasteiger partial charge in [0.2, 0.25) is 10.0 Å². The number of aliphatic carboxylic acids is 1. The van der Waals surface area contributed by atoms with Gasteiger partial charge in [-0.2, -0.15) is 9.57 Å². The summed E-state index contributed by atoms with van der Waals surface area (Å²) >= 11 is 7.78. The molecule has 0 amide bonds. The van der Waals surface area contributed by atoms with Gasteiger partial charge in [0.05, 0.1) is 35.4 Å². The molecular formula is C22H21ClN3O5S2+. The van der Waals surface area contributed by atoms with Crippen molar-refractivity contribution >= 4 is 44.9 Å². The maximum Gasteiger partial charge on any atom is 0.486 e. The summed E-state index contributed by atoms with van der Waals surface area (Å²) in [6.07, 6.45) is 1.66. The van der Waals surface area contributed by atoms with Gasteiger partial charge < -0.3 is 19.0 Å². The lowest BCUT2D eigenvalue weighted by atomic mass is 10.2. The smallest absolute Gasteiger partial charge is 0.379 e. The summed E-state index contributed by atoms with van der Waals surface area (Å²) in [6, 6.07) is 10.3. The number of halogens is 1. The number of rotatable bonds is 6. The molecule has 11 heteroatoms. The Morgan fingerprint density at radius 3 is 2.67 bits per heavy atom. The highest BCUT2D eigenvalue weighted by molar-refractivity contribution is 7.99. The number of aliphatic hydroxyl groups excluding tert-OH is 1. The minimum atomic E-state index is -3.73. The number of ether oxygens (including phenoxy) is 1. The van der Waals surface area contributed by atoms with Crippen LogP contribution in [0.5, 0.6) is 0 Å². The number of pyridine rings is 1. The van der Waals surface area contributed by atoms with Crippen LogP contribution in [0.3, 0.4) is 0 Å². The molecule has 0 spiro atoms. The van der Waals surface area contributed by atoms with Crippen LogP contribution in [0.15, 0.2) is 51.2 Å². The number of morpholine rings is 1. The molecule has 0 radical (unpaired) electrons. The van der Waals surface area contributed by atoms with Crippen LogP contribution in [0, 0.1) is 18.3 Å². The fourth-order valence-electron chi connectivity index (χ4n) is 3.78. The number of carboxylic acids is 1. The Labute approximate surface area is 200 Å². The number of fused-ring (bicyclic) bond motifs is 1. The number of hydrogen-bond donors (Lipinski definition) is 1. The first-order valence-corrected chi connectivity index (χ1v) is 12.7. The second-order valence-electron chi connectivity index (χ2n) is 7.49. The molecular weight excluding hydrogens is 486 g/mol. The molecule has 1 aromatic carbocycles. The molecule has 172 valence electrons. The fraction of sp³-hybridized carbons (Fsp3) is 0.273. The molecule has 0 unspecified atom stereocenters. The molecule has 1 fully saturated rings. The van der Waals surface area contributed by atoms with Gasteiger partial charge in [0.25, 0.3) is 0 Å². The predicted molar refractivity (Wildman–Crippen MR) is 125 cm³/mol. The zero-order valence-corrected chi connectivity index (χ0v) is 20.0. The zero-order chi connectivity index (χ0) is 23.8. The second kappa shape index (κ2) is 9.37. The van der Waals surface area contributed by atoms with Crippen LogP contribution in [0.4, 0.5) is 0 Å². The zero-order valence-electron chi connectivity index (χ0n) is 17.7. The second-order valence-corrected chi connectivity index (χ2v) is 10.9. The summed E-state index contributed by atoms with van der Waals surface area (Å²) in [5.41, 5.74) is 2.69. The van der Waals surface area contributed by atoms with Crippen LogP contribution in [0.25, 0.3) is 5.52 Å². The molecule has 1 aliphatic heterocycles. The van der Waals surface area contributed by atoms with E-state index in [-0.39, 0.29) is 29.4 Å². The molecule has 0 bridgehead atoms. The molecule has 4 rings (SSSR count). The topological polar surface area (TPSA) is 116 Å². The van der Waals surface area contributed by atoms with Gasteiger partial charge in [-0.05, 0) is 42.8 Å². The maximum atomic E-state index is 13.0. The number of sulfonamides is 1. The van der Waals surface area contributed by atoms with Crippen molar-refractivity contribution in [3.8, 4) is 6.07 Å². The molecule has 1 saturated heterocycles. The highest BCUT2D eigenvalue weighted by Crippen LogP contribution is 2.39. The highest BCUT2D eigenvalue weighted by atomic mass is 35.5. The Hall–Kier alpha value is -2.55.